The third-order valence-corrected chi connectivity index (χ3v) is 1.29. The fourth-order valence-corrected chi connectivity index (χ4v) is 0.630. The highest BCUT2D eigenvalue weighted by molar-refractivity contribution is 4.56. The molecule has 0 heterocycles. The van der Waals surface area contributed by atoms with E-state index in [1.54, 1.807) is 7.11 Å². The predicted octanol–water partition coefficient (Wildman–Crippen LogP) is -0.00670. The van der Waals surface area contributed by atoms with Crippen LogP contribution in [-0.4, -0.2) is 38.0 Å². The van der Waals surface area contributed by atoms with Crippen LogP contribution in [0.4, 0.5) is 0 Å². The lowest BCUT2D eigenvalue weighted by atomic mass is 10.3. The van der Waals surface area contributed by atoms with E-state index in [9.17, 15) is 0 Å². The van der Waals surface area contributed by atoms with E-state index in [1.165, 1.54) is 0 Å². The summed E-state index contributed by atoms with van der Waals surface area (Å²) in [5.41, 5.74) is 0. The van der Waals surface area contributed by atoms with Gasteiger partial charge < -0.3 is 15.2 Å². The van der Waals surface area contributed by atoms with Crippen molar-refractivity contribution in [1.82, 2.24) is 5.32 Å². The van der Waals surface area contributed by atoms with Gasteiger partial charge in [0.1, 0.15) is 0 Å². The molecule has 0 fully saturated rings. The van der Waals surface area contributed by atoms with Crippen LogP contribution in [0.2, 0.25) is 0 Å². The molecular weight excluding hydrogens is 130 g/mol. The summed E-state index contributed by atoms with van der Waals surface area (Å²) in [5.74, 6) is 0. The van der Waals surface area contributed by atoms with Gasteiger partial charge in [-0.15, -0.1) is 0 Å². The van der Waals surface area contributed by atoms with Gasteiger partial charge in [0.05, 0.1) is 6.61 Å². The van der Waals surface area contributed by atoms with Crippen LogP contribution in [0, 0.1) is 0 Å². The van der Waals surface area contributed by atoms with E-state index in [4.69, 9.17) is 9.84 Å². The van der Waals surface area contributed by atoms with Gasteiger partial charge in [0, 0.05) is 19.8 Å². The number of nitrogens with one attached hydrogen (secondary N) is 1. The van der Waals surface area contributed by atoms with Crippen molar-refractivity contribution in [3.05, 3.63) is 0 Å². The van der Waals surface area contributed by atoms with Gasteiger partial charge in [0.25, 0.3) is 0 Å². The number of ether oxygens (including phenoxy) is 1. The summed E-state index contributed by atoms with van der Waals surface area (Å²) in [7, 11) is 1.69. The Morgan fingerprint density at radius 3 is 2.80 bits per heavy atom. The van der Waals surface area contributed by atoms with Gasteiger partial charge in [-0.2, -0.15) is 0 Å². The SMILES string of the molecule is COCCCNC(C)CO. The first-order valence-corrected chi connectivity index (χ1v) is 3.64. The molecule has 0 rings (SSSR count). The Labute approximate surface area is 62.4 Å². The van der Waals surface area contributed by atoms with Crippen LogP contribution >= 0.6 is 0 Å². The van der Waals surface area contributed by atoms with Crippen LogP contribution < -0.4 is 5.32 Å². The fourth-order valence-electron chi connectivity index (χ4n) is 0.630. The molecule has 0 aliphatic rings. The summed E-state index contributed by atoms with van der Waals surface area (Å²) in [6, 6.07) is 0.205. The van der Waals surface area contributed by atoms with Crippen molar-refractivity contribution < 1.29 is 9.84 Å². The minimum atomic E-state index is 0.201. The molecule has 0 aromatic rings. The molecule has 1 unspecified atom stereocenters. The van der Waals surface area contributed by atoms with Gasteiger partial charge in [0.15, 0.2) is 0 Å². The summed E-state index contributed by atoms with van der Waals surface area (Å²) in [5, 5.41) is 11.7. The predicted molar refractivity (Wildman–Crippen MR) is 41.0 cm³/mol. The highest BCUT2D eigenvalue weighted by Crippen LogP contribution is 1.81. The number of aliphatic hydroxyl groups is 1. The smallest absolute Gasteiger partial charge is 0.0581 e. The van der Waals surface area contributed by atoms with Gasteiger partial charge in [-0.05, 0) is 19.9 Å². The molecule has 0 aliphatic carbocycles. The summed E-state index contributed by atoms with van der Waals surface area (Å²) in [4.78, 5) is 0. The normalized spacial score (nSPS) is 13.5. The quantitative estimate of drug-likeness (QED) is 0.519. The van der Waals surface area contributed by atoms with Gasteiger partial charge in [-0.3, -0.25) is 0 Å². The molecule has 0 aromatic carbocycles. The monoisotopic (exact) mass is 147 g/mol. The molecule has 0 aliphatic heterocycles. The molecule has 0 amide bonds. The van der Waals surface area contributed by atoms with Crippen molar-refractivity contribution in [2.45, 2.75) is 19.4 Å². The van der Waals surface area contributed by atoms with E-state index in [2.05, 4.69) is 5.32 Å². The third-order valence-electron chi connectivity index (χ3n) is 1.29. The first-order chi connectivity index (χ1) is 4.81. The lowest BCUT2D eigenvalue weighted by Crippen LogP contribution is -2.30. The van der Waals surface area contributed by atoms with E-state index in [-0.39, 0.29) is 12.6 Å². The molecule has 3 heteroatoms. The molecule has 0 bridgehead atoms. The molecule has 3 nitrogen and oxygen atoms in total. The molecular formula is C7H17NO2. The minimum Gasteiger partial charge on any atom is -0.395 e. The first kappa shape index (κ1) is 9.88. The second-order valence-electron chi connectivity index (χ2n) is 2.38. The van der Waals surface area contributed by atoms with Crippen molar-refractivity contribution in [3.63, 3.8) is 0 Å². The van der Waals surface area contributed by atoms with E-state index in [0.717, 1.165) is 19.6 Å². The average molecular weight is 147 g/mol. The molecule has 62 valence electrons. The lowest BCUT2D eigenvalue weighted by Gasteiger charge is -2.09. The Morgan fingerprint density at radius 2 is 2.30 bits per heavy atom. The second-order valence-corrected chi connectivity index (χ2v) is 2.38. The van der Waals surface area contributed by atoms with E-state index >= 15 is 0 Å². The zero-order chi connectivity index (χ0) is 7.82. The number of aliphatic hydroxyl groups excluding tert-OH is 1. The Hall–Kier alpha value is -0.120. The van der Waals surface area contributed by atoms with Crippen molar-refractivity contribution in [3.8, 4) is 0 Å². The molecule has 0 aromatic heterocycles. The molecule has 0 spiro atoms. The summed E-state index contributed by atoms with van der Waals surface area (Å²) in [6.45, 7) is 3.85. The van der Waals surface area contributed by atoms with E-state index in [0.29, 0.717) is 0 Å². The maximum absolute atomic E-state index is 8.60. The van der Waals surface area contributed by atoms with Gasteiger partial charge >= 0.3 is 0 Å². The maximum Gasteiger partial charge on any atom is 0.0581 e. The fraction of sp³-hybridized carbons (Fsp3) is 1.00. The summed E-state index contributed by atoms with van der Waals surface area (Å²) >= 11 is 0. The van der Waals surface area contributed by atoms with Crippen LogP contribution in [0.15, 0.2) is 0 Å². The van der Waals surface area contributed by atoms with Crippen LogP contribution in [-0.2, 0) is 4.74 Å². The molecule has 1 atom stereocenters. The molecule has 0 radical (unpaired) electrons. The number of hydrogen-bond donors (Lipinski definition) is 2. The van der Waals surface area contributed by atoms with Crippen LogP contribution in [0.25, 0.3) is 0 Å². The molecule has 0 saturated heterocycles. The van der Waals surface area contributed by atoms with Crippen molar-refractivity contribution >= 4 is 0 Å². The highest BCUT2D eigenvalue weighted by atomic mass is 16.5. The lowest BCUT2D eigenvalue weighted by molar-refractivity contribution is 0.189. The Balaban J connectivity index is 2.89. The van der Waals surface area contributed by atoms with Crippen LogP contribution in [0.1, 0.15) is 13.3 Å². The number of rotatable bonds is 6. The summed E-state index contributed by atoms with van der Waals surface area (Å²) < 4.78 is 4.85. The van der Waals surface area contributed by atoms with Crippen LogP contribution in [0.5, 0.6) is 0 Å². The minimum absolute atomic E-state index is 0.201. The van der Waals surface area contributed by atoms with Crippen molar-refractivity contribution in [2.75, 3.05) is 26.9 Å². The molecule has 0 saturated carbocycles. The molecule has 10 heavy (non-hydrogen) atoms. The largest absolute Gasteiger partial charge is 0.395 e. The highest BCUT2D eigenvalue weighted by Gasteiger charge is 1.95. The zero-order valence-corrected chi connectivity index (χ0v) is 6.76. The van der Waals surface area contributed by atoms with Crippen molar-refractivity contribution in [2.24, 2.45) is 0 Å². The number of methoxy groups -OCH3 is 1. The summed E-state index contributed by atoms with van der Waals surface area (Å²) in [6.07, 6.45) is 1.00. The number of hydrogen-bond acceptors (Lipinski definition) is 3. The Morgan fingerprint density at radius 1 is 1.60 bits per heavy atom. The van der Waals surface area contributed by atoms with Gasteiger partial charge in [0.2, 0.25) is 0 Å². The van der Waals surface area contributed by atoms with E-state index in [1.807, 2.05) is 6.92 Å². The van der Waals surface area contributed by atoms with Gasteiger partial charge in [-0.25, -0.2) is 0 Å². The molecule has 2 N–H and O–H groups in total. The zero-order valence-electron chi connectivity index (χ0n) is 6.76. The van der Waals surface area contributed by atoms with Crippen molar-refractivity contribution in [1.29, 1.82) is 0 Å². The Bertz CT molecular complexity index is 68.6. The van der Waals surface area contributed by atoms with E-state index < -0.39 is 0 Å². The van der Waals surface area contributed by atoms with Crippen LogP contribution in [0.3, 0.4) is 0 Å². The topological polar surface area (TPSA) is 41.5 Å². The Kier molecular flexibility index (Phi) is 6.91. The van der Waals surface area contributed by atoms with Gasteiger partial charge in [-0.1, -0.05) is 0 Å². The first-order valence-electron chi connectivity index (χ1n) is 3.64. The third kappa shape index (κ3) is 6.01. The maximum atomic E-state index is 8.60. The standard InChI is InChI=1S/C7H17NO2/c1-7(6-9)8-4-3-5-10-2/h7-9H,3-6H2,1-2H3. The second kappa shape index (κ2) is 6.99. The average Bonchev–Trinajstić information content (AvgIpc) is 1.98.